The number of sulfonamides is 1. The van der Waals surface area contributed by atoms with Gasteiger partial charge in [-0.2, -0.15) is 0 Å². The molecule has 1 rings (SSSR count). The molecule has 0 heterocycles. The fraction of sp³-hybridized carbons (Fsp3) is 0.571. The van der Waals surface area contributed by atoms with E-state index >= 15 is 0 Å². The van der Waals surface area contributed by atoms with Crippen molar-refractivity contribution in [3.05, 3.63) is 35.4 Å². The van der Waals surface area contributed by atoms with Crippen molar-refractivity contribution in [1.82, 2.24) is 4.72 Å². The number of nitrogens with one attached hydrogen (secondary N) is 1. The molecule has 0 unspecified atom stereocenters. The average molecular weight is 284 g/mol. The summed E-state index contributed by atoms with van der Waals surface area (Å²) in [6, 6.07) is 7.37. The highest BCUT2D eigenvalue weighted by atomic mass is 32.2. The Morgan fingerprint density at radius 3 is 2.11 bits per heavy atom. The molecule has 0 aliphatic heterocycles. The summed E-state index contributed by atoms with van der Waals surface area (Å²) in [5.74, 6) is 0.437. The van der Waals surface area contributed by atoms with Gasteiger partial charge in [0.05, 0.1) is 5.75 Å². The summed E-state index contributed by atoms with van der Waals surface area (Å²) in [4.78, 5) is 0. The summed E-state index contributed by atoms with van der Waals surface area (Å²) in [5.41, 5.74) is 7.30. The van der Waals surface area contributed by atoms with E-state index in [9.17, 15) is 8.42 Å². The molecule has 5 heteroatoms. The summed E-state index contributed by atoms with van der Waals surface area (Å²) < 4.78 is 26.6. The van der Waals surface area contributed by atoms with Gasteiger partial charge >= 0.3 is 0 Å². The van der Waals surface area contributed by atoms with Crippen LogP contribution < -0.4 is 10.5 Å². The topological polar surface area (TPSA) is 72.2 Å². The lowest BCUT2D eigenvalue weighted by Crippen LogP contribution is -2.30. The molecule has 0 aliphatic rings. The van der Waals surface area contributed by atoms with Gasteiger partial charge in [0.1, 0.15) is 0 Å². The third kappa shape index (κ3) is 5.72. The lowest BCUT2D eigenvalue weighted by molar-refractivity contribution is 0.478. The van der Waals surface area contributed by atoms with Crippen molar-refractivity contribution >= 4 is 10.0 Å². The molecule has 0 saturated carbocycles. The Morgan fingerprint density at radius 2 is 1.63 bits per heavy atom. The van der Waals surface area contributed by atoms with Crippen molar-refractivity contribution in [3.8, 4) is 0 Å². The molecule has 19 heavy (non-hydrogen) atoms. The van der Waals surface area contributed by atoms with Crippen LogP contribution in [0.4, 0.5) is 0 Å². The van der Waals surface area contributed by atoms with Crippen LogP contribution in [0.15, 0.2) is 24.3 Å². The van der Waals surface area contributed by atoms with Crippen LogP contribution in [0.2, 0.25) is 0 Å². The second-order valence-electron chi connectivity index (χ2n) is 4.81. The minimum Gasteiger partial charge on any atom is -0.326 e. The average Bonchev–Trinajstić information content (AvgIpc) is 2.40. The van der Waals surface area contributed by atoms with Crippen LogP contribution in [-0.4, -0.2) is 15.0 Å². The molecule has 0 radical (unpaired) electrons. The SMILES string of the molecule is CCC(CC)CNS(=O)(=O)Cc1ccc(CN)cc1. The van der Waals surface area contributed by atoms with Gasteiger partial charge in [0.15, 0.2) is 0 Å². The van der Waals surface area contributed by atoms with Gasteiger partial charge in [-0.05, 0) is 17.0 Å². The molecule has 0 aromatic heterocycles. The Labute approximate surface area is 116 Å². The normalized spacial score (nSPS) is 12.0. The minimum atomic E-state index is -3.25. The molecular formula is C14H24N2O2S. The number of hydrogen-bond donors (Lipinski definition) is 2. The lowest BCUT2D eigenvalue weighted by Gasteiger charge is -2.13. The maximum absolute atomic E-state index is 12.0. The number of hydrogen-bond acceptors (Lipinski definition) is 3. The van der Waals surface area contributed by atoms with E-state index in [0.29, 0.717) is 19.0 Å². The molecule has 3 N–H and O–H groups in total. The van der Waals surface area contributed by atoms with E-state index in [2.05, 4.69) is 18.6 Å². The number of benzene rings is 1. The maximum atomic E-state index is 12.0. The predicted molar refractivity (Wildman–Crippen MR) is 79.0 cm³/mol. The quantitative estimate of drug-likeness (QED) is 0.767. The second kappa shape index (κ2) is 7.62. The van der Waals surface area contributed by atoms with Crippen molar-refractivity contribution in [2.45, 2.75) is 39.0 Å². The van der Waals surface area contributed by atoms with Crippen LogP contribution in [0, 0.1) is 5.92 Å². The zero-order valence-corrected chi connectivity index (χ0v) is 12.5. The van der Waals surface area contributed by atoms with Crippen LogP contribution >= 0.6 is 0 Å². The van der Waals surface area contributed by atoms with Crippen molar-refractivity contribution in [3.63, 3.8) is 0 Å². The van der Waals surface area contributed by atoms with Gasteiger partial charge in [-0.25, -0.2) is 13.1 Å². The molecule has 0 saturated heterocycles. The zero-order valence-electron chi connectivity index (χ0n) is 11.7. The maximum Gasteiger partial charge on any atom is 0.215 e. The van der Waals surface area contributed by atoms with Crippen LogP contribution in [-0.2, 0) is 22.3 Å². The standard InChI is InChI=1S/C14H24N2O2S/c1-3-12(4-2)10-16-19(17,18)11-14-7-5-13(9-15)6-8-14/h5-8,12,16H,3-4,9-11,15H2,1-2H3. The lowest BCUT2D eigenvalue weighted by atomic mass is 10.0. The highest BCUT2D eigenvalue weighted by Crippen LogP contribution is 2.09. The van der Waals surface area contributed by atoms with Gasteiger partial charge in [-0.1, -0.05) is 51.0 Å². The highest BCUT2D eigenvalue weighted by molar-refractivity contribution is 7.88. The molecule has 1 aromatic carbocycles. The molecule has 108 valence electrons. The van der Waals surface area contributed by atoms with E-state index in [-0.39, 0.29) is 5.75 Å². The second-order valence-corrected chi connectivity index (χ2v) is 6.62. The summed E-state index contributed by atoms with van der Waals surface area (Å²) in [5, 5.41) is 0. The van der Waals surface area contributed by atoms with E-state index in [4.69, 9.17) is 5.73 Å². The molecule has 1 aromatic rings. The summed E-state index contributed by atoms with van der Waals surface area (Å²) >= 11 is 0. The van der Waals surface area contributed by atoms with Crippen LogP contribution in [0.3, 0.4) is 0 Å². The van der Waals surface area contributed by atoms with E-state index in [1.165, 1.54) is 0 Å². The Morgan fingerprint density at radius 1 is 1.11 bits per heavy atom. The molecular weight excluding hydrogens is 260 g/mol. The van der Waals surface area contributed by atoms with Crippen LogP contribution in [0.5, 0.6) is 0 Å². The van der Waals surface area contributed by atoms with Crippen molar-refractivity contribution < 1.29 is 8.42 Å². The first-order valence-corrected chi connectivity index (χ1v) is 8.41. The Kier molecular flexibility index (Phi) is 6.48. The third-order valence-corrected chi connectivity index (χ3v) is 4.68. The first-order chi connectivity index (χ1) is 9.00. The monoisotopic (exact) mass is 284 g/mol. The van der Waals surface area contributed by atoms with Crippen LogP contribution in [0.1, 0.15) is 37.8 Å². The molecule has 0 spiro atoms. The van der Waals surface area contributed by atoms with Gasteiger partial charge in [0.25, 0.3) is 0 Å². The first-order valence-electron chi connectivity index (χ1n) is 6.76. The van der Waals surface area contributed by atoms with Crippen molar-refractivity contribution in [2.75, 3.05) is 6.54 Å². The Balaban J connectivity index is 2.58. The van der Waals surface area contributed by atoms with E-state index in [1.54, 1.807) is 0 Å². The molecule has 0 aliphatic carbocycles. The zero-order chi connectivity index (χ0) is 14.3. The first kappa shape index (κ1) is 16.1. The molecule has 4 nitrogen and oxygen atoms in total. The highest BCUT2D eigenvalue weighted by Gasteiger charge is 2.13. The Hall–Kier alpha value is -0.910. The molecule has 0 fully saturated rings. The summed E-state index contributed by atoms with van der Waals surface area (Å²) in [7, 11) is -3.25. The van der Waals surface area contributed by atoms with Crippen LogP contribution in [0.25, 0.3) is 0 Å². The fourth-order valence-electron chi connectivity index (χ4n) is 1.86. The van der Waals surface area contributed by atoms with Crippen molar-refractivity contribution in [2.24, 2.45) is 11.7 Å². The van der Waals surface area contributed by atoms with Gasteiger partial charge in [-0.3, -0.25) is 0 Å². The van der Waals surface area contributed by atoms with Gasteiger partial charge in [-0.15, -0.1) is 0 Å². The smallest absolute Gasteiger partial charge is 0.215 e. The predicted octanol–water partition coefficient (Wildman–Crippen LogP) is 2.00. The van der Waals surface area contributed by atoms with Gasteiger partial charge in [0.2, 0.25) is 10.0 Å². The fourth-order valence-corrected chi connectivity index (χ4v) is 3.09. The minimum absolute atomic E-state index is 0.0258. The summed E-state index contributed by atoms with van der Waals surface area (Å²) in [6.45, 7) is 5.15. The molecule has 0 atom stereocenters. The largest absolute Gasteiger partial charge is 0.326 e. The third-order valence-electron chi connectivity index (χ3n) is 3.36. The van der Waals surface area contributed by atoms with Gasteiger partial charge < -0.3 is 5.73 Å². The van der Waals surface area contributed by atoms with E-state index in [1.807, 2.05) is 24.3 Å². The molecule has 0 amide bonds. The van der Waals surface area contributed by atoms with E-state index < -0.39 is 10.0 Å². The van der Waals surface area contributed by atoms with Gasteiger partial charge in [0, 0.05) is 13.1 Å². The summed E-state index contributed by atoms with van der Waals surface area (Å²) in [6.07, 6.45) is 1.98. The van der Waals surface area contributed by atoms with E-state index in [0.717, 1.165) is 24.0 Å². The number of nitrogens with two attached hydrogens (primary N) is 1. The number of rotatable bonds is 8. The molecule has 0 bridgehead atoms. The Bertz CT molecular complexity index is 465. The van der Waals surface area contributed by atoms with Crippen molar-refractivity contribution in [1.29, 1.82) is 0 Å².